The normalized spacial score (nSPS) is 20.5. The lowest BCUT2D eigenvalue weighted by Crippen LogP contribution is -2.26. The molecule has 0 bridgehead atoms. The van der Waals surface area contributed by atoms with E-state index < -0.39 is 0 Å². The number of hydrogen-bond acceptors (Lipinski definition) is 3. The first-order valence-electron chi connectivity index (χ1n) is 4.89. The fourth-order valence-electron chi connectivity index (χ4n) is 1.76. The average Bonchev–Trinajstić information content (AvgIpc) is 2.60. The second-order valence-electron chi connectivity index (χ2n) is 3.80. The molecule has 1 aliphatic rings. The molecule has 1 aromatic heterocycles. The van der Waals surface area contributed by atoms with Crippen LogP contribution in [-0.2, 0) is 4.79 Å². The Bertz CT molecular complexity index is 425. The monoisotopic (exact) mass is 347 g/mol. The van der Waals surface area contributed by atoms with Gasteiger partial charge in [-0.15, -0.1) is 0 Å². The summed E-state index contributed by atoms with van der Waals surface area (Å²) in [4.78, 5) is 17.6. The molecule has 0 aliphatic carbocycles. The maximum absolute atomic E-state index is 11.8. The van der Waals surface area contributed by atoms with Crippen LogP contribution in [0.3, 0.4) is 0 Å². The second-order valence-corrected chi connectivity index (χ2v) is 5.36. The average molecular weight is 349 g/mol. The summed E-state index contributed by atoms with van der Waals surface area (Å²) in [5.41, 5.74) is 6.38. The number of nitrogens with zero attached hydrogens (tertiary/aromatic N) is 2. The maximum atomic E-state index is 11.8. The largest absolute Gasteiger partial charge is 0.396 e. The van der Waals surface area contributed by atoms with Crippen molar-refractivity contribution in [2.75, 3.05) is 22.5 Å². The van der Waals surface area contributed by atoms with Crippen LogP contribution >= 0.6 is 31.9 Å². The minimum absolute atomic E-state index is 0.0889. The van der Waals surface area contributed by atoms with Gasteiger partial charge >= 0.3 is 0 Å². The Morgan fingerprint density at radius 1 is 1.62 bits per heavy atom. The second kappa shape index (κ2) is 4.71. The van der Waals surface area contributed by atoms with E-state index in [1.54, 1.807) is 17.2 Å². The Labute approximate surface area is 110 Å². The minimum atomic E-state index is 0.0889. The molecule has 86 valence electrons. The van der Waals surface area contributed by atoms with Gasteiger partial charge in [-0.1, -0.05) is 15.9 Å². The highest BCUT2D eigenvalue weighted by atomic mass is 79.9. The number of aromatic nitrogens is 1. The third kappa shape index (κ3) is 2.22. The molecule has 1 aliphatic heterocycles. The van der Waals surface area contributed by atoms with Crippen molar-refractivity contribution in [1.82, 2.24) is 4.98 Å². The zero-order valence-electron chi connectivity index (χ0n) is 8.49. The molecule has 1 saturated heterocycles. The van der Waals surface area contributed by atoms with Crippen molar-refractivity contribution in [3.05, 3.63) is 16.7 Å². The highest BCUT2D eigenvalue weighted by molar-refractivity contribution is 9.10. The highest BCUT2D eigenvalue weighted by Crippen LogP contribution is 2.29. The smallest absolute Gasteiger partial charge is 0.228 e. The number of nitrogen functional groups attached to an aromatic ring is 1. The quantitative estimate of drug-likeness (QED) is 0.833. The van der Waals surface area contributed by atoms with Gasteiger partial charge in [0.2, 0.25) is 5.91 Å². The Morgan fingerprint density at radius 2 is 2.38 bits per heavy atom. The van der Waals surface area contributed by atoms with E-state index in [2.05, 4.69) is 36.8 Å². The lowest BCUT2D eigenvalue weighted by Gasteiger charge is -2.17. The number of rotatable bonds is 2. The first-order chi connectivity index (χ1) is 7.61. The van der Waals surface area contributed by atoms with E-state index >= 15 is 0 Å². The topological polar surface area (TPSA) is 59.2 Å². The van der Waals surface area contributed by atoms with Gasteiger partial charge in [0.1, 0.15) is 0 Å². The van der Waals surface area contributed by atoms with Crippen molar-refractivity contribution in [1.29, 1.82) is 0 Å². The molecular formula is C10H11Br2N3O. The van der Waals surface area contributed by atoms with Gasteiger partial charge in [-0.25, -0.2) is 4.98 Å². The number of carbonyl (C=O) groups is 1. The van der Waals surface area contributed by atoms with Crippen LogP contribution in [0.25, 0.3) is 0 Å². The van der Waals surface area contributed by atoms with Gasteiger partial charge in [0.25, 0.3) is 0 Å². The van der Waals surface area contributed by atoms with Crippen LogP contribution in [0, 0.1) is 5.92 Å². The van der Waals surface area contributed by atoms with Crippen molar-refractivity contribution >= 4 is 49.3 Å². The standard InChI is InChI=1S/C10H11Br2N3O/c11-3-6-1-9(16)15(5-6)10-8(13)2-7(12)4-14-10/h2,4,6H,1,3,5,13H2. The molecule has 1 fully saturated rings. The predicted molar refractivity (Wildman–Crippen MR) is 70.6 cm³/mol. The van der Waals surface area contributed by atoms with Crippen molar-refractivity contribution in [2.45, 2.75) is 6.42 Å². The summed E-state index contributed by atoms with van der Waals surface area (Å²) in [6.07, 6.45) is 2.21. The molecule has 1 aromatic rings. The third-order valence-electron chi connectivity index (χ3n) is 2.54. The van der Waals surface area contributed by atoms with Gasteiger partial charge in [0, 0.05) is 29.0 Å². The number of carbonyl (C=O) groups excluding carboxylic acids is 1. The molecule has 16 heavy (non-hydrogen) atoms. The molecule has 0 spiro atoms. The summed E-state index contributed by atoms with van der Waals surface area (Å²) in [7, 11) is 0. The van der Waals surface area contributed by atoms with Gasteiger partial charge < -0.3 is 5.73 Å². The van der Waals surface area contributed by atoms with E-state index in [1.165, 1.54) is 0 Å². The molecule has 2 rings (SSSR count). The number of nitrogens with two attached hydrogens (primary N) is 1. The van der Waals surface area contributed by atoms with Gasteiger partial charge in [0.05, 0.1) is 5.69 Å². The SMILES string of the molecule is Nc1cc(Br)cnc1N1CC(CBr)CC1=O. The lowest BCUT2D eigenvalue weighted by atomic mass is 10.2. The van der Waals surface area contributed by atoms with Crippen LogP contribution in [0.4, 0.5) is 11.5 Å². The van der Waals surface area contributed by atoms with Crippen molar-refractivity contribution in [2.24, 2.45) is 5.92 Å². The summed E-state index contributed by atoms with van der Waals surface area (Å²) in [6, 6.07) is 1.76. The van der Waals surface area contributed by atoms with Crippen molar-refractivity contribution in [3.8, 4) is 0 Å². The van der Waals surface area contributed by atoms with E-state index in [9.17, 15) is 4.79 Å². The minimum Gasteiger partial charge on any atom is -0.396 e. The number of alkyl halides is 1. The Hall–Kier alpha value is -0.620. The fraction of sp³-hybridized carbons (Fsp3) is 0.400. The highest BCUT2D eigenvalue weighted by Gasteiger charge is 2.31. The summed E-state index contributed by atoms with van der Waals surface area (Å²) in [5.74, 6) is 1.000. The Morgan fingerprint density at radius 3 is 2.94 bits per heavy atom. The van der Waals surface area contributed by atoms with E-state index in [4.69, 9.17) is 5.73 Å². The first kappa shape index (κ1) is 11.9. The molecule has 0 saturated carbocycles. The molecule has 4 nitrogen and oxygen atoms in total. The molecule has 0 aromatic carbocycles. The van der Waals surface area contributed by atoms with Crippen LogP contribution in [0.1, 0.15) is 6.42 Å². The molecule has 2 heterocycles. The molecule has 2 N–H and O–H groups in total. The van der Waals surface area contributed by atoms with Crippen LogP contribution in [0.15, 0.2) is 16.7 Å². The van der Waals surface area contributed by atoms with Gasteiger partial charge in [-0.05, 0) is 27.9 Å². The Balaban J connectivity index is 2.28. The molecule has 1 atom stereocenters. The van der Waals surface area contributed by atoms with Gasteiger partial charge in [-0.2, -0.15) is 0 Å². The van der Waals surface area contributed by atoms with Crippen molar-refractivity contribution in [3.63, 3.8) is 0 Å². The van der Waals surface area contributed by atoms with Crippen LogP contribution in [-0.4, -0.2) is 22.8 Å². The van der Waals surface area contributed by atoms with Gasteiger partial charge in [-0.3, -0.25) is 9.69 Å². The number of amides is 1. The van der Waals surface area contributed by atoms with Crippen LogP contribution < -0.4 is 10.6 Å². The predicted octanol–water partition coefficient (Wildman–Crippen LogP) is 2.17. The van der Waals surface area contributed by atoms with Gasteiger partial charge in [0.15, 0.2) is 5.82 Å². The Kier molecular flexibility index (Phi) is 3.49. The summed E-state index contributed by atoms with van der Waals surface area (Å²) in [5, 5.41) is 0.825. The summed E-state index contributed by atoms with van der Waals surface area (Å²) < 4.78 is 0.817. The number of pyridine rings is 1. The summed E-state index contributed by atoms with van der Waals surface area (Å²) in [6.45, 7) is 0.683. The first-order valence-corrected chi connectivity index (χ1v) is 6.80. The zero-order chi connectivity index (χ0) is 11.7. The fourth-order valence-corrected chi connectivity index (χ4v) is 2.55. The van der Waals surface area contributed by atoms with E-state index in [1.807, 2.05) is 0 Å². The zero-order valence-corrected chi connectivity index (χ0v) is 11.7. The number of hydrogen-bond donors (Lipinski definition) is 1. The summed E-state index contributed by atoms with van der Waals surface area (Å²) >= 11 is 6.69. The van der Waals surface area contributed by atoms with E-state index in [0.29, 0.717) is 30.4 Å². The number of anilines is 2. The maximum Gasteiger partial charge on any atom is 0.228 e. The molecule has 0 radical (unpaired) electrons. The number of halogens is 2. The lowest BCUT2D eigenvalue weighted by molar-refractivity contribution is -0.117. The van der Waals surface area contributed by atoms with Crippen molar-refractivity contribution < 1.29 is 4.79 Å². The molecule has 1 unspecified atom stereocenters. The van der Waals surface area contributed by atoms with Crippen LogP contribution in [0.5, 0.6) is 0 Å². The van der Waals surface area contributed by atoms with E-state index in [0.717, 1.165) is 9.80 Å². The molecular weight excluding hydrogens is 338 g/mol. The van der Waals surface area contributed by atoms with Crippen LogP contribution in [0.2, 0.25) is 0 Å². The third-order valence-corrected chi connectivity index (χ3v) is 3.89. The molecule has 1 amide bonds. The van der Waals surface area contributed by atoms with E-state index in [-0.39, 0.29) is 5.91 Å². The molecule has 6 heteroatoms.